The van der Waals surface area contributed by atoms with Crippen LogP contribution >= 0.6 is 0 Å². The number of aliphatic hydroxyl groups is 2. The van der Waals surface area contributed by atoms with Crippen molar-refractivity contribution in [3.05, 3.63) is 72.9 Å². The van der Waals surface area contributed by atoms with Crippen molar-refractivity contribution < 1.29 is 24.5 Å². The molecule has 0 fully saturated rings. The first-order valence-electron chi connectivity index (χ1n) is 24.7. The molecule has 0 bridgehead atoms. The van der Waals surface area contributed by atoms with Crippen LogP contribution in [0.2, 0.25) is 0 Å². The summed E-state index contributed by atoms with van der Waals surface area (Å²) in [6.07, 6.45) is 58.2. The van der Waals surface area contributed by atoms with Gasteiger partial charge in [0.15, 0.2) is 0 Å². The summed E-state index contributed by atoms with van der Waals surface area (Å²) >= 11 is 0. The van der Waals surface area contributed by atoms with Gasteiger partial charge in [-0.15, -0.1) is 0 Å². The van der Waals surface area contributed by atoms with Gasteiger partial charge in [0.05, 0.1) is 25.2 Å². The molecule has 0 aromatic rings. The van der Waals surface area contributed by atoms with Gasteiger partial charge in [-0.05, 0) is 83.5 Å². The molecule has 0 spiro atoms. The van der Waals surface area contributed by atoms with Gasteiger partial charge in [-0.3, -0.25) is 9.59 Å². The van der Waals surface area contributed by atoms with Crippen LogP contribution in [0.15, 0.2) is 72.9 Å². The number of unbranched alkanes of at least 4 members (excludes halogenated alkanes) is 19. The Morgan fingerprint density at radius 2 is 0.915 bits per heavy atom. The molecule has 3 atom stereocenters. The number of allylic oxidation sites excluding steroid dienone is 12. The Labute approximate surface area is 364 Å². The largest absolute Gasteiger partial charge is 0.462 e. The Hall–Kier alpha value is -2.70. The fraction of sp³-hybridized carbons (Fsp3) is 0.736. The van der Waals surface area contributed by atoms with Crippen molar-refractivity contribution in [1.82, 2.24) is 5.32 Å². The van der Waals surface area contributed by atoms with E-state index in [0.29, 0.717) is 19.3 Å². The Balaban J connectivity index is 4.72. The van der Waals surface area contributed by atoms with E-state index in [4.69, 9.17) is 4.74 Å². The second kappa shape index (κ2) is 46.4. The van der Waals surface area contributed by atoms with Crippen LogP contribution in [0.1, 0.15) is 226 Å². The lowest BCUT2D eigenvalue weighted by Gasteiger charge is -2.24. The van der Waals surface area contributed by atoms with Gasteiger partial charge in [0.2, 0.25) is 5.91 Å². The highest BCUT2D eigenvalue weighted by Gasteiger charge is 2.24. The number of nitrogens with one attached hydrogen (secondary N) is 1. The molecule has 0 saturated heterocycles. The van der Waals surface area contributed by atoms with Crippen molar-refractivity contribution >= 4 is 11.9 Å². The number of rotatable bonds is 43. The van der Waals surface area contributed by atoms with Gasteiger partial charge in [-0.2, -0.15) is 0 Å². The van der Waals surface area contributed by atoms with E-state index in [9.17, 15) is 19.8 Å². The van der Waals surface area contributed by atoms with Crippen molar-refractivity contribution in [3.8, 4) is 0 Å². The van der Waals surface area contributed by atoms with Gasteiger partial charge in [-0.25, -0.2) is 0 Å². The average molecular weight is 824 g/mol. The minimum Gasteiger partial charge on any atom is -0.462 e. The maximum atomic E-state index is 13.2. The van der Waals surface area contributed by atoms with Gasteiger partial charge in [-0.1, -0.05) is 203 Å². The van der Waals surface area contributed by atoms with Gasteiger partial charge in [0.1, 0.15) is 6.10 Å². The maximum Gasteiger partial charge on any atom is 0.306 e. The van der Waals surface area contributed by atoms with Crippen molar-refractivity contribution in [3.63, 3.8) is 0 Å². The lowest BCUT2D eigenvalue weighted by Crippen LogP contribution is -2.46. The smallest absolute Gasteiger partial charge is 0.306 e. The highest BCUT2D eigenvalue weighted by molar-refractivity contribution is 5.77. The molecular weight excluding hydrogens is 731 g/mol. The quantitative estimate of drug-likeness (QED) is 0.0323. The monoisotopic (exact) mass is 824 g/mol. The van der Waals surface area contributed by atoms with Crippen molar-refractivity contribution in [2.45, 2.75) is 244 Å². The predicted octanol–water partition coefficient (Wildman–Crippen LogP) is 14.6. The minimum absolute atomic E-state index is 0.0398. The Bertz CT molecular complexity index is 1110. The summed E-state index contributed by atoms with van der Waals surface area (Å²) in [6.45, 7) is 6.32. The molecule has 0 radical (unpaired) electrons. The van der Waals surface area contributed by atoms with Crippen LogP contribution in [-0.4, -0.2) is 46.9 Å². The zero-order valence-corrected chi connectivity index (χ0v) is 38.6. The summed E-state index contributed by atoms with van der Waals surface area (Å²) in [4.78, 5) is 26.0. The number of carbonyl (C=O) groups is 2. The van der Waals surface area contributed by atoms with E-state index in [1.807, 2.05) is 6.08 Å². The molecule has 0 heterocycles. The minimum atomic E-state index is -0.803. The summed E-state index contributed by atoms with van der Waals surface area (Å²) in [5.74, 6) is -0.584. The van der Waals surface area contributed by atoms with Crippen molar-refractivity contribution in [2.75, 3.05) is 6.61 Å². The molecule has 0 saturated carbocycles. The molecule has 0 aromatic heterocycles. The summed E-state index contributed by atoms with van der Waals surface area (Å²) in [5.41, 5.74) is 0. The van der Waals surface area contributed by atoms with Crippen LogP contribution in [0.5, 0.6) is 0 Å². The molecule has 3 N–H and O–H groups in total. The zero-order valence-electron chi connectivity index (χ0n) is 38.6. The molecule has 0 rings (SSSR count). The second-order valence-corrected chi connectivity index (χ2v) is 16.5. The fourth-order valence-electron chi connectivity index (χ4n) is 7.06. The molecular formula is C53H93NO5. The third-order valence-electron chi connectivity index (χ3n) is 10.8. The molecule has 0 aliphatic carbocycles. The molecule has 3 unspecified atom stereocenters. The van der Waals surface area contributed by atoms with Crippen molar-refractivity contribution in [1.29, 1.82) is 0 Å². The molecule has 59 heavy (non-hydrogen) atoms. The fourth-order valence-corrected chi connectivity index (χ4v) is 7.06. The number of amides is 1. The van der Waals surface area contributed by atoms with E-state index in [1.54, 1.807) is 0 Å². The first-order chi connectivity index (χ1) is 29.0. The normalized spacial score (nSPS) is 13.9. The van der Waals surface area contributed by atoms with Gasteiger partial charge in [0.25, 0.3) is 0 Å². The standard InChI is InChI=1S/C53H93NO5/c1-4-7-10-13-16-19-22-24-25-26-28-31-34-37-40-43-46-53(58)59-49(44-41-38-35-32-30-27-23-20-17-14-11-8-5-2)47-52(57)54-50(48-55)51(56)45-42-39-36-33-29-21-18-15-12-9-6-3/h7,10,16,19-20,23-25,28,31,37,40,49-51,55-56H,4-6,8-9,11-15,17-18,21-22,26-27,29-30,32-36,38-39,41-48H2,1-3H3,(H,54,57)/b10-7+,19-16+,23-20-,25-24+,31-28+,40-37+. The van der Waals surface area contributed by atoms with E-state index in [1.165, 1.54) is 96.3 Å². The van der Waals surface area contributed by atoms with Gasteiger partial charge >= 0.3 is 5.97 Å². The molecule has 340 valence electrons. The van der Waals surface area contributed by atoms with E-state index in [-0.39, 0.29) is 31.3 Å². The Kier molecular flexibility index (Phi) is 44.2. The summed E-state index contributed by atoms with van der Waals surface area (Å²) < 4.78 is 5.87. The van der Waals surface area contributed by atoms with E-state index < -0.39 is 18.2 Å². The van der Waals surface area contributed by atoms with Crippen LogP contribution in [-0.2, 0) is 14.3 Å². The van der Waals surface area contributed by atoms with Crippen LogP contribution in [0.3, 0.4) is 0 Å². The third kappa shape index (κ3) is 41.8. The summed E-state index contributed by atoms with van der Waals surface area (Å²) in [7, 11) is 0. The molecule has 0 aromatic carbocycles. The number of carbonyl (C=O) groups excluding carboxylic acids is 2. The van der Waals surface area contributed by atoms with Crippen LogP contribution < -0.4 is 5.32 Å². The average Bonchev–Trinajstić information content (AvgIpc) is 3.23. The molecule has 6 heteroatoms. The van der Waals surface area contributed by atoms with Crippen molar-refractivity contribution in [2.24, 2.45) is 0 Å². The number of ether oxygens (including phenoxy) is 1. The SMILES string of the molecule is CC/C=C/C/C=C/C/C=C/C/C=C/C/C=C/CCC(=O)OC(CCCCCCC/C=C\CCCCCC)CC(=O)NC(CO)C(O)CCCCCCCCCCCCC. The van der Waals surface area contributed by atoms with Crippen LogP contribution in [0.4, 0.5) is 0 Å². The lowest BCUT2D eigenvalue weighted by molar-refractivity contribution is -0.150. The Morgan fingerprint density at radius 1 is 0.508 bits per heavy atom. The van der Waals surface area contributed by atoms with E-state index in [2.05, 4.69) is 92.9 Å². The topological polar surface area (TPSA) is 95.9 Å². The predicted molar refractivity (Wildman–Crippen MR) is 255 cm³/mol. The second-order valence-electron chi connectivity index (χ2n) is 16.5. The van der Waals surface area contributed by atoms with E-state index >= 15 is 0 Å². The Morgan fingerprint density at radius 3 is 1.41 bits per heavy atom. The number of hydrogen-bond acceptors (Lipinski definition) is 5. The van der Waals surface area contributed by atoms with Crippen LogP contribution in [0.25, 0.3) is 0 Å². The molecule has 1 amide bonds. The zero-order chi connectivity index (χ0) is 43.1. The first kappa shape index (κ1) is 56.3. The molecule has 0 aliphatic rings. The summed E-state index contributed by atoms with van der Waals surface area (Å²) in [6, 6.07) is -0.720. The molecule has 0 aliphatic heterocycles. The van der Waals surface area contributed by atoms with Gasteiger partial charge in [0, 0.05) is 6.42 Å². The molecule has 6 nitrogen and oxygen atoms in total. The summed E-state index contributed by atoms with van der Waals surface area (Å²) in [5, 5.41) is 23.7. The number of esters is 1. The first-order valence-corrected chi connectivity index (χ1v) is 24.7. The van der Waals surface area contributed by atoms with Gasteiger partial charge < -0.3 is 20.3 Å². The third-order valence-corrected chi connectivity index (χ3v) is 10.8. The number of hydrogen-bond donors (Lipinski definition) is 3. The maximum absolute atomic E-state index is 13.2. The lowest BCUT2D eigenvalue weighted by atomic mass is 10.0. The number of aliphatic hydroxyl groups excluding tert-OH is 2. The highest BCUT2D eigenvalue weighted by atomic mass is 16.5. The highest BCUT2D eigenvalue weighted by Crippen LogP contribution is 2.17. The van der Waals surface area contributed by atoms with Crippen LogP contribution in [0, 0.1) is 0 Å². The van der Waals surface area contributed by atoms with E-state index in [0.717, 1.165) is 77.0 Å².